The van der Waals surface area contributed by atoms with Crippen molar-refractivity contribution in [1.82, 2.24) is 14.5 Å². The van der Waals surface area contributed by atoms with E-state index in [0.29, 0.717) is 18.0 Å². The number of piperidine rings is 1. The van der Waals surface area contributed by atoms with Crippen LogP contribution in [0.2, 0.25) is 0 Å². The monoisotopic (exact) mass is 307 g/mol. The van der Waals surface area contributed by atoms with Gasteiger partial charge in [-0.3, -0.25) is 14.2 Å². The predicted octanol–water partition coefficient (Wildman–Crippen LogP) is 1.53. The van der Waals surface area contributed by atoms with E-state index in [4.69, 9.17) is 0 Å². The van der Waals surface area contributed by atoms with Crippen molar-refractivity contribution >= 4 is 17.7 Å². The van der Waals surface area contributed by atoms with Crippen LogP contribution in [-0.2, 0) is 11.3 Å². The van der Waals surface area contributed by atoms with Gasteiger partial charge in [-0.2, -0.15) is 0 Å². The van der Waals surface area contributed by atoms with Crippen LogP contribution in [0, 0.1) is 18.8 Å². The van der Waals surface area contributed by atoms with Crippen molar-refractivity contribution in [2.75, 3.05) is 18.8 Å². The van der Waals surface area contributed by atoms with Gasteiger partial charge >= 0.3 is 0 Å². The minimum Gasteiger partial charge on any atom is -0.342 e. The van der Waals surface area contributed by atoms with Gasteiger partial charge in [-0.1, -0.05) is 18.7 Å². The molecular weight excluding hydrogens is 286 g/mol. The van der Waals surface area contributed by atoms with E-state index in [1.165, 1.54) is 18.2 Å². The first-order chi connectivity index (χ1) is 10.1. The molecule has 0 N–H and O–H groups in total. The number of rotatable bonds is 1. The number of fused-ring (bicyclic) bond motifs is 1. The smallest absolute Gasteiger partial charge is 0.257 e. The SMILES string of the molecule is Cc1cnc2n(c1=O)CC(C(=O)N1CCCC(C)C1)CS2. The van der Waals surface area contributed by atoms with Gasteiger partial charge in [-0.05, 0) is 25.7 Å². The first kappa shape index (κ1) is 14.6. The van der Waals surface area contributed by atoms with Crippen molar-refractivity contribution in [3.63, 3.8) is 0 Å². The highest BCUT2D eigenvalue weighted by Gasteiger charge is 2.31. The van der Waals surface area contributed by atoms with Gasteiger partial charge in [0, 0.05) is 37.1 Å². The van der Waals surface area contributed by atoms with E-state index in [0.717, 1.165) is 30.4 Å². The number of aromatic nitrogens is 2. The molecule has 1 aromatic rings. The number of likely N-dealkylation sites (tertiary alicyclic amines) is 1. The number of carbonyl (C=O) groups excluding carboxylic acids is 1. The van der Waals surface area contributed by atoms with Crippen molar-refractivity contribution in [1.29, 1.82) is 0 Å². The van der Waals surface area contributed by atoms with Crippen LogP contribution < -0.4 is 5.56 Å². The Morgan fingerprint density at radius 2 is 2.24 bits per heavy atom. The maximum atomic E-state index is 12.7. The van der Waals surface area contributed by atoms with Crippen LogP contribution in [0.15, 0.2) is 16.1 Å². The van der Waals surface area contributed by atoms with Gasteiger partial charge in [0.15, 0.2) is 5.16 Å². The summed E-state index contributed by atoms with van der Waals surface area (Å²) in [6.45, 7) is 6.15. The first-order valence-electron chi connectivity index (χ1n) is 7.54. The molecule has 1 amide bonds. The second kappa shape index (κ2) is 5.83. The Balaban J connectivity index is 1.78. The molecule has 0 bridgehead atoms. The highest BCUT2D eigenvalue weighted by Crippen LogP contribution is 2.27. The highest BCUT2D eigenvalue weighted by molar-refractivity contribution is 7.99. The number of amides is 1. The van der Waals surface area contributed by atoms with E-state index in [1.54, 1.807) is 17.7 Å². The fourth-order valence-electron chi connectivity index (χ4n) is 3.10. The zero-order chi connectivity index (χ0) is 15.0. The Morgan fingerprint density at radius 3 is 3.00 bits per heavy atom. The van der Waals surface area contributed by atoms with Gasteiger partial charge in [-0.15, -0.1) is 0 Å². The van der Waals surface area contributed by atoms with Gasteiger partial charge < -0.3 is 4.90 Å². The molecule has 6 heteroatoms. The molecule has 0 saturated carbocycles. The van der Waals surface area contributed by atoms with Gasteiger partial charge in [0.1, 0.15) is 0 Å². The molecule has 0 spiro atoms. The number of carbonyl (C=O) groups is 1. The minimum absolute atomic E-state index is 0.0167. The van der Waals surface area contributed by atoms with Gasteiger partial charge in [0.25, 0.3) is 5.56 Å². The standard InChI is InChI=1S/C15H21N3O2S/c1-10-4-3-5-17(7-10)14(20)12-8-18-13(19)11(2)6-16-15(18)21-9-12/h6,10,12H,3-5,7-9H2,1-2H3. The van der Waals surface area contributed by atoms with E-state index in [1.807, 2.05) is 4.90 Å². The molecular formula is C15H21N3O2S. The molecule has 114 valence electrons. The molecule has 0 radical (unpaired) electrons. The van der Waals surface area contributed by atoms with Crippen molar-refractivity contribution in [3.8, 4) is 0 Å². The van der Waals surface area contributed by atoms with Gasteiger partial charge in [0.2, 0.25) is 5.91 Å². The summed E-state index contributed by atoms with van der Waals surface area (Å²) in [5.41, 5.74) is 0.621. The Kier molecular flexibility index (Phi) is 4.06. The van der Waals surface area contributed by atoms with Crippen LogP contribution in [0.5, 0.6) is 0 Å². The molecule has 0 aliphatic carbocycles. The average Bonchev–Trinajstić information content (AvgIpc) is 2.50. The third-order valence-corrected chi connectivity index (χ3v) is 5.47. The summed E-state index contributed by atoms with van der Waals surface area (Å²) in [6, 6.07) is 0. The summed E-state index contributed by atoms with van der Waals surface area (Å²) in [5, 5.41) is 0.738. The van der Waals surface area contributed by atoms with E-state index in [-0.39, 0.29) is 17.4 Å². The number of hydrogen-bond donors (Lipinski definition) is 0. The fourth-order valence-corrected chi connectivity index (χ4v) is 4.14. The molecule has 5 nitrogen and oxygen atoms in total. The summed E-state index contributed by atoms with van der Waals surface area (Å²) in [7, 11) is 0. The summed E-state index contributed by atoms with van der Waals surface area (Å²) >= 11 is 1.52. The first-order valence-corrected chi connectivity index (χ1v) is 8.53. The largest absolute Gasteiger partial charge is 0.342 e. The summed E-state index contributed by atoms with van der Waals surface area (Å²) in [4.78, 5) is 31.2. The molecule has 2 atom stereocenters. The van der Waals surface area contributed by atoms with Crippen LogP contribution in [0.1, 0.15) is 25.3 Å². The zero-order valence-corrected chi connectivity index (χ0v) is 13.4. The van der Waals surface area contributed by atoms with Crippen LogP contribution in [0.25, 0.3) is 0 Å². The van der Waals surface area contributed by atoms with E-state index in [9.17, 15) is 9.59 Å². The maximum absolute atomic E-state index is 12.7. The second-order valence-electron chi connectivity index (χ2n) is 6.18. The highest BCUT2D eigenvalue weighted by atomic mass is 32.2. The molecule has 3 heterocycles. The average molecular weight is 307 g/mol. The quantitative estimate of drug-likeness (QED) is 0.738. The number of hydrogen-bond acceptors (Lipinski definition) is 4. The number of nitrogens with zero attached hydrogens (tertiary/aromatic N) is 3. The Morgan fingerprint density at radius 1 is 1.43 bits per heavy atom. The number of aryl methyl sites for hydroxylation is 1. The van der Waals surface area contributed by atoms with Gasteiger partial charge in [0.05, 0.1) is 5.92 Å². The number of thioether (sulfide) groups is 1. The zero-order valence-electron chi connectivity index (χ0n) is 12.5. The maximum Gasteiger partial charge on any atom is 0.257 e. The third kappa shape index (κ3) is 2.86. The lowest BCUT2D eigenvalue weighted by molar-refractivity contribution is -0.137. The van der Waals surface area contributed by atoms with Crippen molar-refractivity contribution in [2.45, 2.75) is 38.4 Å². The normalized spacial score (nSPS) is 25.5. The van der Waals surface area contributed by atoms with E-state index < -0.39 is 0 Å². The van der Waals surface area contributed by atoms with E-state index >= 15 is 0 Å². The summed E-state index contributed by atoms with van der Waals surface area (Å²) < 4.78 is 1.67. The molecule has 0 aromatic carbocycles. The lowest BCUT2D eigenvalue weighted by atomic mass is 9.98. The second-order valence-corrected chi connectivity index (χ2v) is 7.17. The van der Waals surface area contributed by atoms with Crippen LogP contribution >= 0.6 is 11.8 Å². The molecule has 1 aromatic heterocycles. The summed E-state index contributed by atoms with van der Waals surface area (Å²) in [5.74, 6) is 1.40. The third-order valence-electron chi connectivity index (χ3n) is 4.32. The predicted molar refractivity (Wildman–Crippen MR) is 82.4 cm³/mol. The van der Waals surface area contributed by atoms with Crippen LogP contribution in [0.3, 0.4) is 0 Å². The van der Waals surface area contributed by atoms with Crippen molar-refractivity contribution in [3.05, 3.63) is 22.1 Å². The van der Waals surface area contributed by atoms with Gasteiger partial charge in [-0.25, -0.2) is 4.98 Å². The Labute approximate surface area is 128 Å². The molecule has 1 saturated heterocycles. The molecule has 21 heavy (non-hydrogen) atoms. The van der Waals surface area contributed by atoms with Crippen LogP contribution in [-0.4, -0.2) is 39.2 Å². The molecule has 3 rings (SSSR count). The molecule has 2 aliphatic heterocycles. The lowest BCUT2D eigenvalue weighted by Gasteiger charge is -2.35. The Bertz CT molecular complexity index is 613. The van der Waals surface area contributed by atoms with Crippen LogP contribution in [0.4, 0.5) is 0 Å². The van der Waals surface area contributed by atoms with Crippen molar-refractivity contribution in [2.24, 2.45) is 11.8 Å². The molecule has 1 fully saturated rings. The summed E-state index contributed by atoms with van der Waals surface area (Å²) in [6.07, 6.45) is 3.91. The minimum atomic E-state index is -0.103. The Hall–Kier alpha value is -1.30. The molecule has 2 aliphatic rings. The topological polar surface area (TPSA) is 55.2 Å². The molecule has 2 unspecified atom stereocenters. The lowest BCUT2D eigenvalue weighted by Crippen LogP contribution is -2.46. The van der Waals surface area contributed by atoms with Crippen molar-refractivity contribution < 1.29 is 4.79 Å². The fraction of sp³-hybridized carbons (Fsp3) is 0.667. The van der Waals surface area contributed by atoms with E-state index in [2.05, 4.69) is 11.9 Å².